The predicted octanol–water partition coefficient (Wildman–Crippen LogP) is 12.6. The van der Waals surface area contributed by atoms with E-state index in [1.54, 1.807) is 12.1 Å². The predicted molar refractivity (Wildman–Crippen MR) is 190 cm³/mol. The van der Waals surface area contributed by atoms with Gasteiger partial charge in [-0.3, -0.25) is 0 Å². The van der Waals surface area contributed by atoms with Gasteiger partial charge in [-0.05, 0) is 89.4 Å². The van der Waals surface area contributed by atoms with E-state index in [0.717, 1.165) is 10.8 Å². The molecule has 0 spiro atoms. The van der Waals surface area contributed by atoms with Gasteiger partial charge >= 0.3 is 0 Å². The first-order chi connectivity index (χ1) is 29.4. The average Bonchev–Trinajstić information content (AvgIpc) is 3.63. The van der Waals surface area contributed by atoms with E-state index < -0.39 is 108 Å². The molecule has 0 atom stereocenters. The van der Waals surface area contributed by atoms with E-state index in [1.807, 2.05) is 30.3 Å². The molecule has 0 aliphatic heterocycles. The Balaban J connectivity index is 1.43. The largest absolute Gasteiger partial charge is 0.464 e. The summed E-state index contributed by atoms with van der Waals surface area (Å²) in [4.78, 5) is 0. The smallest absolute Gasteiger partial charge is 0.135 e. The highest BCUT2D eigenvalue weighted by atomic mass is 16.3. The van der Waals surface area contributed by atoms with Crippen molar-refractivity contribution in [2.75, 3.05) is 0 Å². The minimum Gasteiger partial charge on any atom is -0.464 e. The SMILES string of the molecule is [2H]c1oc2c([2H])c(-c3c4c([2H])c([2H])c([2H])c([2H])c4c(-c4ccc(-c5c([2H])c([2H])c([2H])c([2H])c5[2H])cc4)c4c([2H])c([2H])c([2H])c([2H])c34)c([2H])c([2H])c2c1-c1ccc2ccccc2c1. The third-order valence-electron chi connectivity index (χ3n) is 7.91. The van der Waals surface area contributed by atoms with Crippen LogP contribution in [-0.4, -0.2) is 0 Å². The third-order valence-corrected chi connectivity index (χ3v) is 7.91. The minimum atomic E-state index is -0.721. The Labute approximate surface area is 285 Å². The fraction of sp³-hybridized carbons (Fsp3) is 0. The first-order valence-corrected chi connectivity index (χ1v) is 14.0. The summed E-state index contributed by atoms with van der Waals surface area (Å²) in [5.74, 6) is 0. The molecule has 8 aromatic carbocycles. The molecule has 0 N–H and O–H groups in total. The molecular formula is C44H28O. The van der Waals surface area contributed by atoms with Crippen molar-refractivity contribution >= 4 is 43.3 Å². The highest BCUT2D eigenvalue weighted by molar-refractivity contribution is 6.21. The van der Waals surface area contributed by atoms with Gasteiger partial charge in [0.15, 0.2) is 0 Å². The Morgan fingerprint density at radius 2 is 1.00 bits per heavy atom. The topological polar surface area (TPSA) is 13.1 Å². The highest BCUT2D eigenvalue weighted by Crippen LogP contribution is 2.45. The van der Waals surface area contributed by atoms with E-state index in [0.29, 0.717) is 5.56 Å². The zero-order valence-corrected chi connectivity index (χ0v) is 23.3. The number of hydrogen-bond acceptors (Lipinski definition) is 1. The van der Waals surface area contributed by atoms with Crippen LogP contribution in [0.5, 0.6) is 0 Å². The van der Waals surface area contributed by atoms with Crippen molar-refractivity contribution in [1.29, 1.82) is 0 Å². The zero-order chi connectivity index (χ0) is 44.5. The van der Waals surface area contributed by atoms with E-state index in [4.69, 9.17) is 18.1 Å². The van der Waals surface area contributed by atoms with Crippen LogP contribution in [0.4, 0.5) is 0 Å². The summed E-state index contributed by atoms with van der Waals surface area (Å²) in [6.45, 7) is 0. The number of benzene rings is 8. The second-order valence-electron chi connectivity index (χ2n) is 10.4. The number of furan rings is 1. The number of fused-ring (bicyclic) bond motifs is 4. The van der Waals surface area contributed by atoms with Crippen molar-refractivity contribution in [2.24, 2.45) is 0 Å². The molecule has 45 heavy (non-hydrogen) atoms. The molecule has 0 bridgehead atoms. The minimum absolute atomic E-state index is 0.0303. The molecule has 1 nitrogen and oxygen atoms in total. The summed E-state index contributed by atoms with van der Waals surface area (Å²) in [6, 6.07) is 8.92. The second kappa shape index (κ2) is 10.4. The molecule has 0 radical (unpaired) electrons. The summed E-state index contributed by atoms with van der Waals surface area (Å²) in [6.07, 6.45) is -0.408. The van der Waals surface area contributed by atoms with E-state index in [9.17, 15) is 9.60 Å². The summed E-state index contributed by atoms with van der Waals surface area (Å²) in [7, 11) is 0. The molecule has 1 heteroatoms. The van der Waals surface area contributed by atoms with E-state index in [1.165, 1.54) is 24.3 Å². The van der Waals surface area contributed by atoms with Crippen molar-refractivity contribution in [3.8, 4) is 44.5 Å². The monoisotopic (exact) mass is 589 g/mol. The lowest BCUT2D eigenvalue weighted by Gasteiger charge is -2.18. The average molecular weight is 590 g/mol. The molecule has 0 saturated heterocycles. The lowest BCUT2D eigenvalue weighted by molar-refractivity contribution is 0.617. The fourth-order valence-corrected chi connectivity index (χ4v) is 5.83. The van der Waals surface area contributed by atoms with Crippen molar-refractivity contribution in [3.63, 3.8) is 0 Å². The molecule has 0 saturated carbocycles. The molecule has 0 aliphatic carbocycles. The molecule has 1 heterocycles. The summed E-state index contributed by atoms with van der Waals surface area (Å²) < 4.78 is 157. The van der Waals surface area contributed by atoms with Crippen LogP contribution in [-0.2, 0) is 0 Å². The Kier molecular flexibility index (Phi) is 3.18. The first kappa shape index (κ1) is 13.8. The fourth-order valence-electron chi connectivity index (χ4n) is 5.83. The Bertz CT molecular complexity index is 3370. The van der Waals surface area contributed by atoms with Gasteiger partial charge in [-0.15, -0.1) is 0 Å². The maximum atomic E-state index is 9.58. The van der Waals surface area contributed by atoms with Gasteiger partial charge in [0.2, 0.25) is 0 Å². The molecule has 0 unspecified atom stereocenters. The number of hydrogen-bond donors (Lipinski definition) is 0. The maximum Gasteiger partial charge on any atom is 0.135 e. The lowest BCUT2D eigenvalue weighted by atomic mass is 9.85. The van der Waals surface area contributed by atoms with Gasteiger partial charge < -0.3 is 4.42 Å². The van der Waals surface area contributed by atoms with Crippen LogP contribution in [0.1, 0.15) is 23.3 Å². The molecule has 0 aliphatic rings. The van der Waals surface area contributed by atoms with Crippen LogP contribution in [0, 0.1) is 0 Å². The van der Waals surface area contributed by atoms with Gasteiger partial charge in [0.05, 0.1) is 28.2 Å². The standard InChI is InChI=1S/C44H28O/c1-2-10-29(11-3-1)31-18-21-32(22-19-31)43-37-14-6-8-16-39(37)44(40-17-9-7-15-38(40)43)35-24-25-36-41(28-45-42(36)27-35)34-23-20-30-12-4-5-13-33(30)26-34/h1-28H/i1D,2D,3D,6D,7D,8D,9D,10D,11D,14D,15D,16D,17D,24D,25D,27D,28D. The number of rotatable bonds is 4. The Hall–Kier alpha value is -5.92. The van der Waals surface area contributed by atoms with Gasteiger partial charge in [-0.1, -0.05) is 145 Å². The van der Waals surface area contributed by atoms with Crippen LogP contribution in [0.25, 0.3) is 87.8 Å². The second-order valence-corrected chi connectivity index (χ2v) is 10.4. The van der Waals surface area contributed by atoms with E-state index >= 15 is 0 Å². The van der Waals surface area contributed by atoms with Gasteiger partial charge in [0.1, 0.15) is 6.95 Å². The molecule has 9 rings (SSSR count). The van der Waals surface area contributed by atoms with Gasteiger partial charge in [0, 0.05) is 10.9 Å². The van der Waals surface area contributed by atoms with E-state index in [2.05, 4.69) is 0 Å². The molecule has 210 valence electrons. The van der Waals surface area contributed by atoms with E-state index in [-0.39, 0.29) is 65.9 Å². The summed E-state index contributed by atoms with van der Waals surface area (Å²) in [5.41, 5.74) is -0.241. The van der Waals surface area contributed by atoms with Crippen LogP contribution in [0.2, 0.25) is 0 Å². The van der Waals surface area contributed by atoms with Crippen LogP contribution in [0.15, 0.2) is 174 Å². The third kappa shape index (κ3) is 4.24. The maximum absolute atomic E-state index is 9.58. The van der Waals surface area contributed by atoms with Crippen molar-refractivity contribution < 1.29 is 27.7 Å². The Morgan fingerprint density at radius 3 is 1.69 bits per heavy atom. The van der Waals surface area contributed by atoms with Crippen LogP contribution in [0.3, 0.4) is 0 Å². The molecule has 0 amide bonds. The molecule has 1 aromatic heterocycles. The zero-order valence-electron chi connectivity index (χ0n) is 40.3. The summed E-state index contributed by atoms with van der Waals surface area (Å²) in [5, 5.41) is 0.607. The van der Waals surface area contributed by atoms with Crippen molar-refractivity contribution in [3.05, 3.63) is 170 Å². The quantitative estimate of drug-likeness (QED) is 0.186. The summed E-state index contributed by atoms with van der Waals surface area (Å²) >= 11 is 0. The lowest BCUT2D eigenvalue weighted by Crippen LogP contribution is -1.91. The molecule has 0 fully saturated rings. The Morgan fingerprint density at radius 1 is 0.422 bits per heavy atom. The van der Waals surface area contributed by atoms with Crippen LogP contribution < -0.4 is 0 Å². The van der Waals surface area contributed by atoms with Crippen molar-refractivity contribution in [2.45, 2.75) is 0 Å². The normalized spacial score (nSPS) is 16.8. The molecular weight excluding hydrogens is 544 g/mol. The van der Waals surface area contributed by atoms with Crippen molar-refractivity contribution in [1.82, 2.24) is 0 Å². The van der Waals surface area contributed by atoms with Gasteiger partial charge in [-0.25, -0.2) is 0 Å². The highest BCUT2D eigenvalue weighted by Gasteiger charge is 2.18. The van der Waals surface area contributed by atoms with Gasteiger partial charge in [0.25, 0.3) is 0 Å². The van der Waals surface area contributed by atoms with Crippen LogP contribution >= 0.6 is 0 Å². The first-order valence-electron chi connectivity index (χ1n) is 22.5. The van der Waals surface area contributed by atoms with Gasteiger partial charge in [-0.2, -0.15) is 0 Å². The molecule has 9 aromatic rings.